The van der Waals surface area contributed by atoms with E-state index in [-0.39, 0.29) is 29.6 Å². The molecule has 0 spiro atoms. The van der Waals surface area contributed by atoms with Crippen LogP contribution in [-0.4, -0.2) is 14.1 Å². The van der Waals surface area contributed by atoms with Crippen molar-refractivity contribution >= 4 is 29.1 Å². The van der Waals surface area contributed by atoms with Crippen molar-refractivity contribution in [1.82, 2.24) is 0 Å². The van der Waals surface area contributed by atoms with Crippen molar-refractivity contribution in [3.8, 4) is 0 Å². The van der Waals surface area contributed by atoms with Gasteiger partial charge in [-0.15, -0.1) is 0 Å². The van der Waals surface area contributed by atoms with Crippen LogP contribution in [0.4, 0.5) is 17.1 Å². The summed E-state index contributed by atoms with van der Waals surface area (Å²) in [5.41, 5.74) is 2.59. The molecule has 22 heavy (non-hydrogen) atoms. The summed E-state index contributed by atoms with van der Waals surface area (Å²) in [7, 11) is 3.97. The third-order valence-corrected chi connectivity index (χ3v) is 3.23. The number of anilines is 1. The monoisotopic (exact) mass is 327 g/mol. The summed E-state index contributed by atoms with van der Waals surface area (Å²) in [4.78, 5) is 2.76. The van der Waals surface area contributed by atoms with Crippen molar-refractivity contribution in [3.63, 3.8) is 0 Å². The summed E-state index contributed by atoms with van der Waals surface area (Å²) in [6.45, 7) is 0. The van der Waals surface area contributed by atoms with E-state index in [1.807, 2.05) is 43.3 Å². The molecular formula is C14H14N3NaO3S. The first-order valence-corrected chi connectivity index (χ1v) is 6.85. The van der Waals surface area contributed by atoms with Crippen molar-refractivity contribution in [2.24, 2.45) is 10.2 Å². The van der Waals surface area contributed by atoms with E-state index < -0.39 is 0 Å². The zero-order valence-electron chi connectivity index (χ0n) is 12.6. The average Bonchev–Trinajstić information content (AvgIpc) is 2.52. The molecule has 0 radical (unpaired) electrons. The van der Waals surface area contributed by atoms with Gasteiger partial charge in [0.2, 0.25) is 0 Å². The molecule has 0 atom stereocenters. The summed E-state index contributed by atoms with van der Waals surface area (Å²) in [6, 6.07) is 14.8. The van der Waals surface area contributed by atoms with Gasteiger partial charge in [-0.2, -0.15) is 14.6 Å². The third-order valence-electron chi connectivity index (χ3n) is 2.64. The smallest absolute Gasteiger partial charge is 0.691 e. The van der Waals surface area contributed by atoms with Crippen LogP contribution >= 0.6 is 12.0 Å². The number of hydrogen-bond donors (Lipinski definition) is 0. The van der Waals surface area contributed by atoms with E-state index in [0.717, 1.165) is 28.3 Å². The largest absolute Gasteiger partial charge is 1.00 e. The van der Waals surface area contributed by atoms with Gasteiger partial charge in [0.15, 0.2) is 0 Å². The van der Waals surface area contributed by atoms with Crippen LogP contribution in [0.25, 0.3) is 0 Å². The molecule has 110 valence electrons. The topological polar surface area (TPSA) is 69.5 Å². The maximum absolute atomic E-state index is 9.72. The van der Waals surface area contributed by atoms with E-state index in [1.54, 1.807) is 24.3 Å². The summed E-state index contributed by atoms with van der Waals surface area (Å²) < 4.78 is 4.22. The molecule has 0 unspecified atom stereocenters. The van der Waals surface area contributed by atoms with E-state index in [0.29, 0.717) is 5.69 Å². The maximum atomic E-state index is 9.72. The van der Waals surface area contributed by atoms with E-state index in [1.165, 1.54) is 0 Å². The zero-order valence-corrected chi connectivity index (χ0v) is 15.4. The van der Waals surface area contributed by atoms with Crippen LogP contribution in [0.1, 0.15) is 0 Å². The summed E-state index contributed by atoms with van der Waals surface area (Å²) >= 11 is 0.836. The number of benzene rings is 2. The molecule has 0 saturated carbocycles. The molecule has 0 aliphatic rings. The Bertz CT molecular complexity index is 591. The number of azo groups is 1. The van der Waals surface area contributed by atoms with Gasteiger partial charge in [-0.05, 0) is 48.5 Å². The summed E-state index contributed by atoms with van der Waals surface area (Å²) in [5.74, 6) is 0. The maximum Gasteiger partial charge on any atom is 1.00 e. The van der Waals surface area contributed by atoms with Crippen molar-refractivity contribution in [1.29, 1.82) is 0 Å². The van der Waals surface area contributed by atoms with E-state index in [4.69, 9.17) is 0 Å². The van der Waals surface area contributed by atoms with E-state index in [2.05, 4.69) is 19.6 Å². The standard InChI is InChI=1S/C14H15N3O3S.Na/c1-17(2)13-7-3-11(4-8-13)15-16-12-5-9-14(10-6-12)21-20-19-18;/h3-10,18H,1-2H3;/q;+1/p-1. The second kappa shape index (κ2) is 9.96. The molecule has 0 amide bonds. The molecule has 0 aliphatic heterocycles. The molecular weight excluding hydrogens is 313 g/mol. The fourth-order valence-electron chi connectivity index (χ4n) is 1.55. The van der Waals surface area contributed by atoms with Gasteiger partial charge >= 0.3 is 29.6 Å². The molecule has 0 aliphatic carbocycles. The SMILES string of the molecule is CN(C)c1ccc(N=Nc2ccc(SOO[O-])cc2)cc1.[Na+]. The third kappa shape index (κ3) is 6.05. The Morgan fingerprint density at radius 1 is 0.909 bits per heavy atom. The Balaban J connectivity index is 0.00000242. The van der Waals surface area contributed by atoms with Crippen LogP contribution in [-0.2, 0) is 9.37 Å². The van der Waals surface area contributed by atoms with Crippen LogP contribution in [0.5, 0.6) is 0 Å². The van der Waals surface area contributed by atoms with Gasteiger partial charge in [0.25, 0.3) is 0 Å². The zero-order chi connectivity index (χ0) is 15.1. The molecule has 0 heterocycles. The average molecular weight is 327 g/mol. The van der Waals surface area contributed by atoms with Crippen LogP contribution in [0.2, 0.25) is 0 Å². The molecule has 0 fully saturated rings. The van der Waals surface area contributed by atoms with Gasteiger partial charge in [-0.1, -0.05) is 0 Å². The first kappa shape index (κ1) is 19.1. The minimum Gasteiger partial charge on any atom is -0.691 e. The Kier molecular flexibility index (Phi) is 8.66. The Hall–Kier alpha value is -0.930. The second-order valence-electron chi connectivity index (χ2n) is 4.32. The first-order valence-electron chi connectivity index (χ1n) is 6.11. The van der Waals surface area contributed by atoms with Gasteiger partial charge < -0.3 is 10.2 Å². The quantitative estimate of drug-likeness (QED) is 0.253. The Labute approximate surface area is 155 Å². The van der Waals surface area contributed by atoms with Crippen molar-refractivity contribution < 1.29 is 44.2 Å². The van der Waals surface area contributed by atoms with Crippen LogP contribution in [0.3, 0.4) is 0 Å². The Morgan fingerprint density at radius 3 is 1.86 bits per heavy atom. The minimum atomic E-state index is 0. The van der Waals surface area contributed by atoms with Gasteiger partial charge in [0.05, 0.1) is 23.4 Å². The Morgan fingerprint density at radius 2 is 1.41 bits per heavy atom. The van der Waals surface area contributed by atoms with Gasteiger partial charge in [-0.25, -0.2) is 0 Å². The summed E-state index contributed by atoms with van der Waals surface area (Å²) in [6.07, 6.45) is 0. The van der Waals surface area contributed by atoms with Gasteiger partial charge in [0.1, 0.15) is 0 Å². The van der Waals surface area contributed by atoms with Crippen molar-refractivity contribution in [2.45, 2.75) is 4.90 Å². The molecule has 2 aromatic rings. The van der Waals surface area contributed by atoms with Crippen LogP contribution in [0, 0.1) is 0 Å². The van der Waals surface area contributed by atoms with E-state index >= 15 is 0 Å². The van der Waals surface area contributed by atoms with Gasteiger partial charge in [-0.3, -0.25) is 5.04 Å². The second-order valence-corrected chi connectivity index (χ2v) is 5.10. The van der Waals surface area contributed by atoms with Crippen molar-refractivity contribution in [2.75, 3.05) is 19.0 Å². The predicted molar refractivity (Wildman–Crippen MR) is 79.4 cm³/mol. The number of rotatable bonds is 6. The fourth-order valence-corrected chi connectivity index (χ4v) is 1.91. The predicted octanol–water partition coefficient (Wildman–Crippen LogP) is 0.403. The number of nitrogens with zero attached hydrogens (tertiary/aromatic N) is 3. The van der Waals surface area contributed by atoms with E-state index in [9.17, 15) is 5.26 Å². The van der Waals surface area contributed by atoms with Crippen molar-refractivity contribution in [3.05, 3.63) is 48.5 Å². The minimum absolute atomic E-state index is 0. The summed E-state index contributed by atoms with van der Waals surface area (Å²) in [5, 5.41) is 21.3. The van der Waals surface area contributed by atoms with Gasteiger partial charge in [0, 0.05) is 24.7 Å². The molecule has 0 bridgehead atoms. The molecule has 6 nitrogen and oxygen atoms in total. The fraction of sp³-hybridized carbons (Fsp3) is 0.143. The molecule has 0 aromatic heterocycles. The number of hydrogen-bond acceptors (Lipinski definition) is 7. The molecule has 2 rings (SSSR count). The molecule has 2 aromatic carbocycles. The molecule has 8 heteroatoms. The molecule has 0 saturated heterocycles. The first-order chi connectivity index (χ1) is 10.2. The normalized spacial score (nSPS) is 10.5. The van der Waals surface area contributed by atoms with Crippen LogP contribution in [0.15, 0.2) is 63.7 Å². The molecule has 0 N–H and O–H groups in total. The van der Waals surface area contributed by atoms with Crippen LogP contribution < -0.4 is 39.7 Å².